The average Bonchev–Trinajstić information content (AvgIpc) is 3.27. The van der Waals surface area contributed by atoms with Crippen molar-refractivity contribution in [2.75, 3.05) is 5.75 Å². The normalized spacial score (nSPS) is 11.1. The molecule has 5 nitrogen and oxygen atoms in total. The number of aromatic amines is 1. The Bertz CT molecular complexity index is 1060. The Morgan fingerprint density at radius 3 is 2.80 bits per heavy atom. The molecule has 0 unspecified atom stereocenters. The summed E-state index contributed by atoms with van der Waals surface area (Å²) in [6, 6.07) is 14.9. The number of hydrogen-bond acceptors (Lipinski definition) is 5. The molecule has 0 spiro atoms. The lowest BCUT2D eigenvalue weighted by atomic mass is 10.1. The molecule has 0 aliphatic carbocycles. The van der Waals surface area contributed by atoms with E-state index in [9.17, 15) is 4.79 Å². The molecule has 7 heteroatoms. The van der Waals surface area contributed by atoms with Crippen molar-refractivity contribution in [3.05, 3.63) is 65.3 Å². The summed E-state index contributed by atoms with van der Waals surface area (Å²) >= 11 is 7.34. The second-order valence-electron chi connectivity index (χ2n) is 5.31. The number of thioether (sulfide) groups is 1. The molecule has 2 heterocycles. The zero-order valence-corrected chi connectivity index (χ0v) is 14.5. The van der Waals surface area contributed by atoms with E-state index in [0.29, 0.717) is 27.3 Å². The number of hydrogen-bond donors (Lipinski definition) is 1. The summed E-state index contributed by atoms with van der Waals surface area (Å²) in [4.78, 5) is 15.6. The molecule has 0 aliphatic rings. The minimum Gasteiger partial charge on any atom is -0.411 e. The molecule has 0 atom stereocenters. The Kier molecular flexibility index (Phi) is 4.29. The SMILES string of the molecule is O=C(CSc1nnc(-c2ccccc2Cl)o1)c1c[nH]c2ccccc12. The number of halogens is 1. The number of Topliss-reactive ketones (excluding diaryl/α,β-unsaturated/α-hetero) is 1. The third-order valence-electron chi connectivity index (χ3n) is 3.73. The number of carbonyl (C=O) groups is 1. The lowest BCUT2D eigenvalue weighted by Crippen LogP contribution is -2.01. The highest BCUT2D eigenvalue weighted by Crippen LogP contribution is 2.29. The first-order valence-corrected chi connectivity index (χ1v) is 8.89. The molecule has 0 radical (unpaired) electrons. The fourth-order valence-electron chi connectivity index (χ4n) is 2.52. The maximum Gasteiger partial charge on any atom is 0.277 e. The van der Waals surface area contributed by atoms with Gasteiger partial charge in [-0.1, -0.05) is 53.7 Å². The number of fused-ring (bicyclic) bond motifs is 1. The van der Waals surface area contributed by atoms with Gasteiger partial charge in [-0.05, 0) is 18.2 Å². The van der Waals surface area contributed by atoms with Crippen LogP contribution in [0.25, 0.3) is 22.4 Å². The van der Waals surface area contributed by atoms with E-state index < -0.39 is 0 Å². The number of ketones is 1. The summed E-state index contributed by atoms with van der Waals surface area (Å²) < 4.78 is 5.60. The van der Waals surface area contributed by atoms with Crippen LogP contribution in [0.2, 0.25) is 5.02 Å². The van der Waals surface area contributed by atoms with Crippen molar-refractivity contribution in [3.8, 4) is 11.5 Å². The van der Waals surface area contributed by atoms with Crippen molar-refractivity contribution in [2.24, 2.45) is 0 Å². The second kappa shape index (κ2) is 6.74. The quantitative estimate of drug-likeness (QED) is 0.402. The number of carbonyl (C=O) groups excluding carboxylic acids is 1. The Hall–Kier alpha value is -2.57. The van der Waals surface area contributed by atoms with Crippen LogP contribution in [0.15, 0.2) is 64.4 Å². The van der Waals surface area contributed by atoms with Gasteiger partial charge in [-0.3, -0.25) is 4.79 Å². The number of aromatic nitrogens is 3. The summed E-state index contributed by atoms with van der Waals surface area (Å²) in [5, 5.41) is 9.76. The maximum absolute atomic E-state index is 12.5. The molecule has 0 fully saturated rings. The molecule has 4 rings (SSSR count). The third kappa shape index (κ3) is 3.18. The summed E-state index contributed by atoms with van der Waals surface area (Å²) in [7, 11) is 0. The van der Waals surface area contributed by atoms with Crippen LogP contribution in [0, 0.1) is 0 Å². The van der Waals surface area contributed by atoms with Gasteiger partial charge in [-0.2, -0.15) is 0 Å². The van der Waals surface area contributed by atoms with Crippen LogP contribution in [-0.4, -0.2) is 26.7 Å². The number of para-hydroxylation sites is 1. The van der Waals surface area contributed by atoms with E-state index >= 15 is 0 Å². The van der Waals surface area contributed by atoms with Crippen LogP contribution in [0.3, 0.4) is 0 Å². The van der Waals surface area contributed by atoms with Crippen molar-refractivity contribution in [2.45, 2.75) is 5.22 Å². The maximum atomic E-state index is 12.5. The Morgan fingerprint density at radius 1 is 1.12 bits per heavy atom. The van der Waals surface area contributed by atoms with Gasteiger partial charge in [0.15, 0.2) is 5.78 Å². The van der Waals surface area contributed by atoms with Crippen LogP contribution in [0.5, 0.6) is 0 Å². The summed E-state index contributed by atoms with van der Waals surface area (Å²) in [5.74, 6) is 0.555. The van der Waals surface area contributed by atoms with Crippen molar-refractivity contribution < 1.29 is 9.21 Å². The summed E-state index contributed by atoms with van der Waals surface area (Å²) in [6.45, 7) is 0. The van der Waals surface area contributed by atoms with Crippen LogP contribution >= 0.6 is 23.4 Å². The minimum absolute atomic E-state index is 0.0000523. The van der Waals surface area contributed by atoms with Crippen LogP contribution in [0.1, 0.15) is 10.4 Å². The van der Waals surface area contributed by atoms with Gasteiger partial charge in [0.2, 0.25) is 5.89 Å². The molecule has 0 aliphatic heterocycles. The van der Waals surface area contributed by atoms with Gasteiger partial charge in [0, 0.05) is 22.7 Å². The van der Waals surface area contributed by atoms with Crippen LogP contribution in [-0.2, 0) is 0 Å². The minimum atomic E-state index is -0.0000523. The molecule has 25 heavy (non-hydrogen) atoms. The van der Waals surface area contributed by atoms with Gasteiger partial charge >= 0.3 is 0 Å². The van der Waals surface area contributed by atoms with Gasteiger partial charge in [-0.15, -0.1) is 10.2 Å². The molecule has 0 saturated carbocycles. The van der Waals surface area contributed by atoms with Gasteiger partial charge in [0.25, 0.3) is 5.22 Å². The van der Waals surface area contributed by atoms with Crippen LogP contribution < -0.4 is 0 Å². The fourth-order valence-corrected chi connectivity index (χ4v) is 3.38. The van der Waals surface area contributed by atoms with E-state index in [0.717, 1.165) is 10.9 Å². The third-order valence-corrected chi connectivity index (χ3v) is 4.88. The molecule has 124 valence electrons. The monoisotopic (exact) mass is 369 g/mol. The first-order chi connectivity index (χ1) is 12.2. The van der Waals surface area contributed by atoms with E-state index in [1.54, 1.807) is 18.3 Å². The van der Waals surface area contributed by atoms with E-state index in [1.165, 1.54) is 11.8 Å². The Morgan fingerprint density at radius 2 is 1.92 bits per heavy atom. The highest BCUT2D eigenvalue weighted by Gasteiger charge is 2.16. The van der Waals surface area contributed by atoms with Gasteiger partial charge < -0.3 is 9.40 Å². The van der Waals surface area contributed by atoms with Crippen LogP contribution in [0.4, 0.5) is 0 Å². The largest absolute Gasteiger partial charge is 0.411 e. The van der Waals surface area contributed by atoms with Gasteiger partial charge in [-0.25, -0.2) is 0 Å². The number of rotatable bonds is 5. The van der Waals surface area contributed by atoms with Crippen molar-refractivity contribution in [1.82, 2.24) is 15.2 Å². The highest BCUT2D eigenvalue weighted by atomic mass is 35.5. The topological polar surface area (TPSA) is 71.8 Å². The smallest absolute Gasteiger partial charge is 0.277 e. The lowest BCUT2D eigenvalue weighted by Gasteiger charge is -1.98. The Labute approximate surface area is 152 Å². The molecule has 4 aromatic rings. The lowest BCUT2D eigenvalue weighted by molar-refractivity contribution is 0.102. The summed E-state index contributed by atoms with van der Waals surface area (Å²) in [5.41, 5.74) is 2.27. The first kappa shape index (κ1) is 15.9. The van der Waals surface area contributed by atoms with Crippen molar-refractivity contribution in [3.63, 3.8) is 0 Å². The molecular weight excluding hydrogens is 358 g/mol. The predicted molar refractivity (Wildman–Crippen MR) is 98.1 cm³/mol. The fraction of sp³-hybridized carbons (Fsp3) is 0.0556. The zero-order chi connectivity index (χ0) is 17.2. The standard InChI is InChI=1S/C18H12ClN3O2S/c19-14-7-3-1-6-12(14)17-21-22-18(24-17)25-10-16(23)13-9-20-15-8-4-2-5-11(13)15/h1-9,20H,10H2. The number of H-pyrrole nitrogens is 1. The van der Waals surface area contributed by atoms with Crippen molar-refractivity contribution >= 4 is 40.0 Å². The molecule has 0 saturated heterocycles. The molecule has 2 aromatic heterocycles. The number of nitrogens with one attached hydrogen (secondary N) is 1. The van der Waals surface area contributed by atoms with Gasteiger partial charge in [0.1, 0.15) is 0 Å². The number of benzene rings is 2. The second-order valence-corrected chi connectivity index (χ2v) is 6.65. The van der Waals surface area contributed by atoms with E-state index in [1.807, 2.05) is 36.4 Å². The van der Waals surface area contributed by atoms with Crippen molar-refractivity contribution in [1.29, 1.82) is 0 Å². The summed E-state index contributed by atoms with van der Waals surface area (Å²) in [6.07, 6.45) is 1.73. The van der Waals surface area contributed by atoms with E-state index in [4.69, 9.17) is 16.0 Å². The number of nitrogens with zero attached hydrogens (tertiary/aromatic N) is 2. The predicted octanol–water partition coefficient (Wildman–Crippen LogP) is 4.85. The molecular formula is C18H12ClN3O2S. The molecule has 1 N–H and O–H groups in total. The van der Waals surface area contributed by atoms with E-state index in [2.05, 4.69) is 15.2 Å². The zero-order valence-electron chi connectivity index (χ0n) is 12.9. The highest BCUT2D eigenvalue weighted by molar-refractivity contribution is 7.99. The Balaban J connectivity index is 1.49. The van der Waals surface area contributed by atoms with E-state index in [-0.39, 0.29) is 11.5 Å². The molecule has 0 bridgehead atoms. The van der Waals surface area contributed by atoms with Gasteiger partial charge in [0.05, 0.1) is 16.3 Å². The molecule has 0 amide bonds. The average molecular weight is 370 g/mol. The first-order valence-electron chi connectivity index (χ1n) is 7.53. The molecule has 2 aromatic carbocycles.